The molecule has 0 bridgehead atoms. The molecular formula is C20H18O8. The van der Waals surface area contributed by atoms with E-state index in [0.29, 0.717) is 5.56 Å². The van der Waals surface area contributed by atoms with E-state index in [1.165, 1.54) is 0 Å². The Morgan fingerprint density at radius 1 is 0.929 bits per heavy atom. The van der Waals surface area contributed by atoms with Gasteiger partial charge in [-0.2, -0.15) is 0 Å². The van der Waals surface area contributed by atoms with Crippen LogP contribution < -0.4 is 0 Å². The zero-order valence-corrected chi connectivity index (χ0v) is 14.7. The third kappa shape index (κ3) is 4.54. The second-order valence-electron chi connectivity index (χ2n) is 5.96. The van der Waals surface area contributed by atoms with Gasteiger partial charge in [0.1, 0.15) is 12.7 Å². The lowest BCUT2D eigenvalue weighted by atomic mass is 10.1. The Morgan fingerprint density at radius 3 is 2.07 bits per heavy atom. The molecule has 1 aliphatic heterocycles. The highest BCUT2D eigenvalue weighted by atomic mass is 16.7. The van der Waals surface area contributed by atoms with Gasteiger partial charge in [-0.25, -0.2) is 9.59 Å². The topological polar surface area (TPSA) is 108 Å². The van der Waals surface area contributed by atoms with E-state index in [2.05, 4.69) is 0 Å². The van der Waals surface area contributed by atoms with Crippen molar-refractivity contribution in [3.8, 4) is 0 Å². The fourth-order valence-electron chi connectivity index (χ4n) is 2.77. The Hall–Kier alpha value is -3.23. The number of ether oxygens (including phenoxy) is 4. The van der Waals surface area contributed by atoms with Crippen molar-refractivity contribution in [1.82, 2.24) is 0 Å². The predicted molar refractivity (Wildman–Crippen MR) is 94.2 cm³/mol. The summed E-state index contributed by atoms with van der Waals surface area (Å²) < 4.78 is 20.7. The molecule has 1 saturated heterocycles. The number of aliphatic hydroxyl groups excluding tert-OH is 1. The van der Waals surface area contributed by atoms with Gasteiger partial charge >= 0.3 is 11.9 Å². The minimum absolute atomic E-state index is 0.124. The number of benzene rings is 2. The average Bonchev–Trinajstić information content (AvgIpc) is 3.02. The maximum absolute atomic E-state index is 12.4. The first-order chi connectivity index (χ1) is 13.6. The van der Waals surface area contributed by atoms with E-state index >= 15 is 0 Å². The maximum atomic E-state index is 12.4. The van der Waals surface area contributed by atoms with Crippen molar-refractivity contribution >= 4 is 18.4 Å². The molecule has 0 radical (unpaired) electrons. The van der Waals surface area contributed by atoms with Crippen molar-refractivity contribution in [2.24, 2.45) is 0 Å². The van der Waals surface area contributed by atoms with Gasteiger partial charge in [0, 0.05) is 0 Å². The predicted octanol–water partition coefficient (Wildman–Crippen LogP) is 1.33. The molecule has 2 aromatic carbocycles. The average molecular weight is 386 g/mol. The number of aliphatic hydroxyl groups is 1. The molecule has 4 atom stereocenters. The molecule has 0 spiro atoms. The molecule has 1 fully saturated rings. The number of carbonyl (C=O) groups is 3. The molecule has 0 amide bonds. The van der Waals surface area contributed by atoms with Gasteiger partial charge in [0.2, 0.25) is 0 Å². The molecule has 8 heteroatoms. The Balaban J connectivity index is 1.70. The number of hydrogen-bond acceptors (Lipinski definition) is 8. The molecule has 0 aromatic heterocycles. The van der Waals surface area contributed by atoms with E-state index in [0.717, 1.165) is 0 Å². The standard InChI is InChI=1S/C20H18O8/c21-12-26-17-16(28-19(23)14-9-5-2-6-10-14)15(27-20(17)24)11-25-18(22)13-7-3-1-4-8-13/h1-10,12,15-17,20,24H,11H2/t15-,16-,17+,20+/m1/s1. The quantitative estimate of drug-likeness (QED) is 0.431. The highest BCUT2D eigenvalue weighted by molar-refractivity contribution is 5.90. The van der Waals surface area contributed by atoms with Gasteiger partial charge in [0.15, 0.2) is 18.5 Å². The van der Waals surface area contributed by atoms with Gasteiger partial charge in [-0.15, -0.1) is 0 Å². The van der Waals surface area contributed by atoms with E-state index in [9.17, 15) is 19.5 Å². The number of rotatable bonds is 7. The van der Waals surface area contributed by atoms with Crippen LogP contribution in [0.4, 0.5) is 0 Å². The van der Waals surface area contributed by atoms with Crippen LogP contribution >= 0.6 is 0 Å². The molecule has 3 rings (SSSR count). The Kier molecular flexibility index (Phi) is 6.36. The lowest BCUT2D eigenvalue weighted by Gasteiger charge is -2.22. The smallest absolute Gasteiger partial charge is 0.338 e. The van der Waals surface area contributed by atoms with E-state index in [4.69, 9.17) is 18.9 Å². The van der Waals surface area contributed by atoms with Crippen molar-refractivity contribution in [1.29, 1.82) is 0 Å². The van der Waals surface area contributed by atoms with Gasteiger partial charge in [-0.05, 0) is 24.3 Å². The van der Waals surface area contributed by atoms with Crippen LogP contribution in [0, 0.1) is 0 Å². The summed E-state index contributed by atoms with van der Waals surface area (Å²) in [6, 6.07) is 16.5. The fraction of sp³-hybridized carbons (Fsp3) is 0.250. The van der Waals surface area contributed by atoms with E-state index in [1.807, 2.05) is 0 Å². The number of hydrogen-bond donors (Lipinski definition) is 1. The van der Waals surface area contributed by atoms with Gasteiger partial charge < -0.3 is 24.1 Å². The molecule has 8 nitrogen and oxygen atoms in total. The molecule has 146 valence electrons. The molecule has 0 saturated carbocycles. The second-order valence-corrected chi connectivity index (χ2v) is 5.96. The number of esters is 2. The summed E-state index contributed by atoms with van der Waals surface area (Å²) in [6.07, 6.45) is -4.94. The Labute approximate surface area is 160 Å². The minimum atomic E-state index is -1.53. The van der Waals surface area contributed by atoms with Crippen LogP contribution in [0.3, 0.4) is 0 Å². The third-order valence-electron chi connectivity index (χ3n) is 4.14. The summed E-state index contributed by atoms with van der Waals surface area (Å²) in [5, 5.41) is 9.99. The molecule has 1 N–H and O–H groups in total. The van der Waals surface area contributed by atoms with Crippen molar-refractivity contribution in [2.75, 3.05) is 6.61 Å². The molecule has 2 aromatic rings. The van der Waals surface area contributed by atoms with Crippen LogP contribution in [0.2, 0.25) is 0 Å². The summed E-state index contributed by atoms with van der Waals surface area (Å²) in [4.78, 5) is 35.2. The minimum Gasteiger partial charge on any atom is -0.459 e. The van der Waals surface area contributed by atoms with E-state index < -0.39 is 36.5 Å². The molecular weight excluding hydrogens is 368 g/mol. The first-order valence-electron chi connectivity index (χ1n) is 8.51. The van der Waals surface area contributed by atoms with Gasteiger partial charge in [-0.3, -0.25) is 4.79 Å². The largest absolute Gasteiger partial charge is 0.459 e. The zero-order chi connectivity index (χ0) is 19.9. The third-order valence-corrected chi connectivity index (χ3v) is 4.14. The second kappa shape index (κ2) is 9.12. The maximum Gasteiger partial charge on any atom is 0.338 e. The highest BCUT2D eigenvalue weighted by Crippen LogP contribution is 2.26. The summed E-state index contributed by atoms with van der Waals surface area (Å²) >= 11 is 0. The lowest BCUT2D eigenvalue weighted by Crippen LogP contribution is -2.40. The summed E-state index contributed by atoms with van der Waals surface area (Å²) in [7, 11) is 0. The summed E-state index contributed by atoms with van der Waals surface area (Å²) in [5.41, 5.74) is 0.605. The fourth-order valence-corrected chi connectivity index (χ4v) is 2.77. The zero-order valence-electron chi connectivity index (χ0n) is 14.7. The monoisotopic (exact) mass is 386 g/mol. The van der Waals surface area contributed by atoms with Crippen molar-refractivity contribution in [2.45, 2.75) is 24.6 Å². The first-order valence-corrected chi connectivity index (χ1v) is 8.51. The van der Waals surface area contributed by atoms with Crippen LogP contribution in [-0.4, -0.2) is 54.7 Å². The molecule has 28 heavy (non-hydrogen) atoms. The van der Waals surface area contributed by atoms with Gasteiger partial charge in [0.25, 0.3) is 6.47 Å². The summed E-state index contributed by atoms with van der Waals surface area (Å²) in [5.74, 6) is -1.30. The van der Waals surface area contributed by atoms with Crippen LogP contribution in [0.25, 0.3) is 0 Å². The SMILES string of the molecule is O=CO[C@H]1[C@H](OC(=O)c2ccccc2)[C@@H](COC(=O)c2ccccc2)O[C@@H]1O. The van der Waals surface area contributed by atoms with Gasteiger partial charge in [-0.1, -0.05) is 36.4 Å². The molecule has 0 aliphatic carbocycles. The van der Waals surface area contributed by atoms with Crippen LogP contribution in [0.5, 0.6) is 0 Å². The Bertz CT molecular complexity index is 807. The van der Waals surface area contributed by atoms with Crippen molar-refractivity contribution in [3.63, 3.8) is 0 Å². The first kappa shape index (κ1) is 19.5. The highest BCUT2D eigenvalue weighted by Gasteiger charge is 2.49. The van der Waals surface area contributed by atoms with Crippen LogP contribution in [0.15, 0.2) is 60.7 Å². The van der Waals surface area contributed by atoms with Crippen molar-refractivity contribution in [3.05, 3.63) is 71.8 Å². The summed E-state index contributed by atoms with van der Waals surface area (Å²) in [6.45, 7) is -0.185. The van der Waals surface area contributed by atoms with Crippen molar-refractivity contribution < 1.29 is 38.4 Å². The van der Waals surface area contributed by atoms with Crippen LogP contribution in [0.1, 0.15) is 20.7 Å². The number of carbonyl (C=O) groups excluding carboxylic acids is 3. The lowest BCUT2D eigenvalue weighted by molar-refractivity contribution is -0.160. The van der Waals surface area contributed by atoms with Gasteiger partial charge in [0.05, 0.1) is 11.1 Å². The van der Waals surface area contributed by atoms with Crippen LogP contribution in [-0.2, 0) is 23.7 Å². The molecule has 0 unspecified atom stereocenters. The normalized spacial score (nSPS) is 23.6. The molecule has 1 aliphatic rings. The van der Waals surface area contributed by atoms with E-state index in [-0.39, 0.29) is 18.6 Å². The Morgan fingerprint density at radius 2 is 1.50 bits per heavy atom. The van der Waals surface area contributed by atoms with E-state index in [1.54, 1.807) is 60.7 Å². The molecule has 1 heterocycles.